The summed E-state index contributed by atoms with van der Waals surface area (Å²) in [5.74, 6) is 0.207. The van der Waals surface area contributed by atoms with Crippen molar-refractivity contribution in [1.82, 2.24) is 0 Å². The Kier molecular flexibility index (Phi) is 4.41. The van der Waals surface area contributed by atoms with Crippen LogP contribution in [0.4, 0.5) is 0 Å². The Hall–Kier alpha value is -1.77. The summed E-state index contributed by atoms with van der Waals surface area (Å²) in [6, 6.07) is 9.23. The third kappa shape index (κ3) is 3.85. The molecule has 3 heteroatoms. The van der Waals surface area contributed by atoms with Crippen LogP contribution in [0, 0.1) is 0 Å². The van der Waals surface area contributed by atoms with Crippen LogP contribution in [0.1, 0.15) is 13.3 Å². The molecule has 0 spiro atoms. The third-order valence-corrected chi connectivity index (χ3v) is 1.76. The van der Waals surface area contributed by atoms with E-state index in [0.29, 0.717) is 12.2 Å². The number of carbonyl (C=O) groups excluding carboxylic acids is 1. The number of hydrogen-bond acceptors (Lipinski definition) is 3. The summed E-state index contributed by atoms with van der Waals surface area (Å²) < 4.78 is 10.4. The van der Waals surface area contributed by atoms with Crippen molar-refractivity contribution in [3.63, 3.8) is 0 Å². The molecule has 1 aromatic rings. The van der Waals surface area contributed by atoms with Gasteiger partial charge >= 0.3 is 5.97 Å². The Morgan fingerprint density at radius 1 is 1.47 bits per heavy atom. The first-order valence-corrected chi connectivity index (χ1v) is 4.81. The van der Waals surface area contributed by atoms with Crippen LogP contribution in [0.25, 0.3) is 0 Å². The summed E-state index contributed by atoms with van der Waals surface area (Å²) in [5, 5.41) is 0. The number of ether oxygens (including phenoxy) is 2. The molecule has 0 aliphatic rings. The van der Waals surface area contributed by atoms with Gasteiger partial charge in [-0.1, -0.05) is 31.7 Å². The molecule has 80 valence electrons. The zero-order valence-corrected chi connectivity index (χ0v) is 8.68. The van der Waals surface area contributed by atoms with Crippen molar-refractivity contribution in [3.8, 4) is 5.75 Å². The van der Waals surface area contributed by atoms with Gasteiger partial charge in [0.2, 0.25) is 6.29 Å². The van der Waals surface area contributed by atoms with E-state index in [4.69, 9.17) is 9.47 Å². The summed E-state index contributed by atoms with van der Waals surface area (Å²) >= 11 is 0. The minimum atomic E-state index is -0.558. The Balaban J connectivity index is 2.54. The summed E-state index contributed by atoms with van der Waals surface area (Å²) in [5.41, 5.74) is 0. The lowest BCUT2D eigenvalue weighted by atomic mass is 10.3. The minimum absolute atomic E-state index is 0.474. The van der Waals surface area contributed by atoms with Gasteiger partial charge in [0.1, 0.15) is 5.75 Å². The van der Waals surface area contributed by atoms with Gasteiger partial charge in [-0.3, -0.25) is 0 Å². The molecule has 0 aliphatic heterocycles. The van der Waals surface area contributed by atoms with Gasteiger partial charge in [0, 0.05) is 12.5 Å². The molecule has 0 bridgehead atoms. The predicted octanol–water partition coefficient (Wildman–Crippen LogP) is 2.53. The zero-order valence-electron chi connectivity index (χ0n) is 8.68. The lowest BCUT2D eigenvalue weighted by Crippen LogP contribution is -2.22. The number of carbonyl (C=O) groups is 1. The lowest BCUT2D eigenvalue weighted by Gasteiger charge is -2.16. The third-order valence-electron chi connectivity index (χ3n) is 1.76. The smallest absolute Gasteiger partial charge is 0.333 e. The molecule has 0 saturated heterocycles. The highest BCUT2D eigenvalue weighted by Crippen LogP contribution is 2.13. The molecule has 1 atom stereocenters. The van der Waals surface area contributed by atoms with Crippen LogP contribution >= 0.6 is 0 Å². The first-order valence-electron chi connectivity index (χ1n) is 4.81. The van der Waals surface area contributed by atoms with Crippen molar-refractivity contribution in [2.75, 3.05) is 0 Å². The molecule has 0 aromatic heterocycles. The van der Waals surface area contributed by atoms with Crippen molar-refractivity contribution >= 4 is 5.97 Å². The van der Waals surface area contributed by atoms with Crippen LogP contribution in [0.3, 0.4) is 0 Å². The maximum atomic E-state index is 11.0. The summed E-state index contributed by atoms with van der Waals surface area (Å²) in [7, 11) is 0. The van der Waals surface area contributed by atoms with Crippen LogP contribution < -0.4 is 4.74 Å². The van der Waals surface area contributed by atoms with Crippen molar-refractivity contribution in [1.29, 1.82) is 0 Å². The van der Waals surface area contributed by atoms with E-state index in [-0.39, 0.29) is 0 Å². The average Bonchev–Trinajstić information content (AvgIpc) is 2.29. The summed E-state index contributed by atoms with van der Waals surface area (Å²) in [6.07, 6.45) is 1.16. The molecule has 3 nitrogen and oxygen atoms in total. The molecule has 1 aromatic carbocycles. The summed E-state index contributed by atoms with van der Waals surface area (Å²) in [6.45, 7) is 5.20. The predicted molar refractivity (Wildman–Crippen MR) is 57.4 cm³/mol. The van der Waals surface area contributed by atoms with E-state index in [1.807, 2.05) is 37.3 Å². The molecule has 1 rings (SSSR count). The topological polar surface area (TPSA) is 35.5 Å². The Morgan fingerprint density at radius 2 is 2.13 bits per heavy atom. The quantitative estimate of drug-likeness (QED) is 0.422. The highest BCUT2D eigenvalue weighted by atomic mass is 16.7. The van der Waals surface area contributed by atoms with Crippen LogP contribution in [-0.4, -0.2) is 12.3 Å². The van der Waals surface area contributed by atoms with Crippen molar-refractivity contribution in [3.05, 3.63) is 43.0 Å². The van der Waals surface area contributed by atoms with Crippen molar-refractivity contribution in [2.24, 2.45) is 0 Å². The van der Waals surface area contributed by atoms with E-state index in [9.17, 15) is 4.79 Å². The molecule has 0 heterocycles. The first-order chi connectivity index (χ1) is 7.26. The number of hydrogen-bond donors (Lipinski definition) is 0. The lowest BCUT2D eigenvalue weighted by molar-refractivity contribution is -0.157. The van der Waals surface area contributed by atoms with E-state index in [1.54, 1.807) is 0 Å². The molecule has 0 N–H and O–H groups in total. The Labute approximate surface area is 89.3 Å². The number of para-hydroxylation sites is 1. The maximum Gasteiger partial charge on any atom is 0.333 e. The zero-order chi connectivity index (χ0) is 11.1. The normalized spacial score (nSPS) is 11.5. The van der Waals surface area contributed by atoms with Crippen LogP contribution in [0.5, 0.6) is 5.75 Å². The SMILES string of the molecule is C=CC(=O)OC(CC)Oc1ccccc1. The van der Waals surface area contributed by atoms with Gasteiger partial charge in [-0.05, 0) is 12.1 Å². The van der Waals surface area contributed by atoms with Crippen molar-refractivity contribution in [2.45, 2.75) is 19.6 Å². The number of rotatable bonds is 5. The van der Waals surface area contributed by atoms with Gasteiger partial charge < -0.3 is 9.47 Å². The first kappa shape index (κ1) is 11.3. The number of benzene rings is 1. The minimum Gasteiger partial charge on any atom is -0.455 e. The van der Waals surface area contributed by atoms with E-state index in [0.717, 1.165) is 6.08 Å². The van der Waals surface area contributed by atoms with Gasteiger partial charge in [0.05, 0.1) is 0 Å². The summed E-state index contributed by atoms with van der Waals surface area (Å²) in [4.78, 5) is 11.0. The molecular weight excluding hydrogens is 192 g/mol. The molecule has 0 radical (unpaired) electrons. The van der Waals surface area contributed by atoms with Gasteiger partial charge in [0.25, 0.3) is 0 Å². The molecule has 0 saturated carbocycles. The Morgan fingerprint density at radius 3 is 2.67 bits per heavy atom. The Bertz CT molecular complexity index is 319. The molecule has 0 fully saturated rings. The molecule has 1 unspecified atom stereocenters. The van der Waals surface area contributed by atoms with E-state index in [2.05, 4.69) is 6.58 Å². The van der Waals surface area contributed by atoms with Gasteiger partial charge in [0.15, 0.2) is 0 Å². The largest absolute Gasteiger partial charge is 0.455 e. The van der Waals surface area contributed by atoms with Crippen molar-refractivity contribution < 1.29 is 14.3 Å². The fraction of sp³-hybridized carbons (Fsp3) is 0.250. The molecule has 0 amide bonds. The molecule has 15 heavy (non-hydrogen) atoms. The average molecular weight is 206 g/mol. The fourth-order valence-electron chi connectivity index (χ4n) is 1.02. The molecule has 0 aliphatic carbocycles. The van der Waals surface area contributed by atoms with E-state index >= 15 is 0 Å². The second-order valence-electron chi connectivity index (χ2n) is 2.91. The van der Waals surface area contributed by atoms with E-state index < -0.39 is 12.3 Å². The second kappa shape index (κ2) is 5.86. The fourth-order valence-corrected chi connectivity index (χ4v) is 1.02. The van der Waals surface area contributed by atoms with Gasteiger partial charge in [-0.2, -0.15) is 0 Å². The van der Waals surface area contributed by atoms with Crippen LogP contribution in [-0.2, 0) is 9.53 Å². The highest BCUT2D eigenvalue weighted by molar-refractivity contribution is 5.81. The highest BCUT2D eigenvalue weighted by Gasteiger charge is 2.11. The standard InChI is InChI=1S/C12H14O3/c1-3-11(13)15-12(4-2)14-10-8-6-5-7-9-10/h3,5-9,12H,1,4H2,2H3. The molecular formula is C12H14O3. The van der Waals surface area contributed by atoms with Crippen LogP contribution in [0.15, 0.2) is 43.0 Å². The van der Waals surface area contributed by atoms with Gasteiger partial charge in [-0.25, -0.2) is 4.79 Å². The van der Waals surface area contributed by atoms with E-state index in [1.165, 1.54) is 0 Å². The number of esters is 1. The second-order valence-corrected chi connectivity index (χ2v) is 2.91. The monoisotopic (exact) mass is 206 g/mol. The maximum absolute atomic E-state index is 11.0. The van der Waals surface area contributed by atoms with Gasteiger partial charge in [-0.15, -0.1) is 0 Å². The van der Waals surface area contributed by atoms with Crippen LogP contribution in [0.2, 0.25) is 0 Å².